The van der Waals surface area contributed by atoms with E-state index in [0.29, 0.717) is 22.2 Å². The molecule has 1 unspecified atom stereocenters. The molecule has 0 bridgehead atoms. The van der Waals surface area contributed by atoms with Gasteiger partial charge < -0.3 is 9.84 Å². The predicted octanol–water partition coefficient (Wildman–Crippen LogP) is 3.52. The van der Waals surface area contributed by atoms with Gasteiger partial charge in [-0.1, -0.05) is 23.2 Å². The molecule has 2 heterocycles. The maximum Gasteiger partial charge on any atom is 0.199 e. The van der Waals surface area contributed by atoms with Crippen molar-refractivity contribution >= 4 is 23.2 Å². The molecule has 0 radical (unpaired) electrons. The highest BCUT2D eigenvalue weighted by Crippen LogP contribution is 2.35. The summed E-state index contributed by atoms with van der Waals surface area (Å²) < 4.78 is 7.39. The van der Waals surface area contributed by atoms with Gasteiger partial charge in [0.2, 0.25) is 0 Å². The number of hydrogen-bond acceptors (Lipinski definition) is 3. The largest absolute Gasteiger partial charge is 0.363 e. The van der Waals surface area contributed by atoms with Crippen LogP contribution in [-0.4, -0.2) is 20.3 Å². The van der Waals surface area contributed by atoms with Crippen molar-refractivity contribution in [1.82, 2.24) is 9.55 Å². The number of halogens is 2. The van der Waals surface area contributed by atoms with Crippen LogP contribution in [0, 0.1) is 0 Å². The first-order valence-electron chi connectivity index (χ1n) is 6.25. The minimum atomic E-state index is -1.01. The van der Waals surface area contributed by atoms with Gasteiger partial charge in [-0.3, -0.25) is 4.57 Å². The van der Waals surface area contributed by atoms with Crippen LogP contribution in [0.15, 0.2) is 24.5 Å². The van der Waals surface area contributed by atoms with Crippen molar-refractivity contribution in [2.24, 2.45) is 0 Å². The zero-order valence-electron chi connectivity index (χ0n) is 11.1. The van der Waals surface area contributed by atoms with Crippen LogP contribution < -0.4 is 0 Å². The van der Waals surface area contributed by atoms with Crippen molar-refractivity contribution < 1.29 is 9.84 Å². The Balaban J connectivity index is 2.09. The zero-order chi connectivity index (χ0) is 14.5. The first-order valence-corrected chi connectivity index (χ1v) is 7.00. The fourth-order valence-corrected chi connectivity index (χ4v) is 2.73. The number of fused-ring (bicyclic) bond motifs is 1. The van der Waals surface area contributed by atoms with Gasteiger partial charge in [0.15, 0.2) is 6.29 Å². The summed E-state index contributed by atoms with van der Waals surface area (Å²) in [6.07, 6.45) is 1.30. The minimum absolute atomic E-state index is 0.427. The van der Waals surface area contributed by atoms with Crippen LogP contribution >= 0.6 is 23.2 Å². The van der Waals surface area contributed by atoms with Crippen LogP contribution in [0.2, 0.25) is 10.0 Å². The first kappa shape index (κ1) is 13.9. The molecule has 0 saturated carbocycles. The molecule has 3 rings (SSSR count). The summed E-state index contributed by atoms with van der Waals surface area (Å²) in [4.78, 5) is 4.38. The number of benzene rings is 1. The molecule has 2 aromatic rings. The summed E-state index contributed by atoms with van der Waals surface area (Å²) >= 11 is 12.0. The molecule has 0 spiro atoms. The Hall–Kier alpha value is -1.07. The Bertz CT molecular complexity index is 667. The van der Waals surface area contributed by atoms with Crippen LogP contribution in [-0.2, 0) is 11.2 Å². The third-order valence-corrected chi connectivity index (χ3v) is 4.06. The maximum absolute atomic E-state index is 10.2. The van der Waals surface area contributed by atoms with Crippen LogP contribution in [0.4, 0.5) is 0 Å². The quantitative estimate of drug-likeness (QED) is 0.876. The number of aliphatic hydroxyl groups excluding tert-OH is 1. The lowest BCUT2D eigenvalue weighted by molar-refractivity contribution is -0.189. The summed E-state index contributed by atoms with van der Waals surface area (Å²) in [5, 5.41) is 11.2. The number of nitrogens with zero attached hydrogens (tertiary/aromatic N) is 2. The summed E-state index contributed by atoms with van der Waals surface area (Å²) in [5.41, 5.74) is 1.83. The topological polar surface area (TPSA) is 47.3 Å². The van der Waals surface area contributed by atoms with Crippen molar-refractivity contribution in [1.29, 1.82) is 0 Å². The van der Waals surface area contributed by atoms with Crippen LogP contribution in [0.5, 0.6) is 0 Å². The summed E-state index contributed by atoms with van der Waals surface area (Å²) in [7, 11) is 0. The number of hydrogen-bond donors (Lipinski definition) is 1. The Morgan fingerprint density at radius 2 is 2.10 bits per heavy atom. The van der Waals surface area contributed by atoms with E-state index in [2.05, 4.69) is 4.98 Å². The average Bonchev–Trinajstić information content (AvgIpc) is 2.75. The lowest BCUT2D eigenvalue weighted by Crippen LogP contribution is -2.35. The van der Waals surface area contributed by atoms with Gasteiger partial charge in [-0.25, -0.2) is 4.98 Å². The predicted molar refractivity (Wildman–Crippen MR) is 77.4 cm³/mol. The molecular weight excluding hydrogens is 299 g/mol. The van der Waals surface area contributed by atoms with E-state index in [1.165, 1.54) is 0 Å². The van der Waals surface area contributed by atoms with Gasteiger partial charge in [-0.15, -0.1) is 0 Å². The van der Waals surface area contributed by atoms with Crippen molar-refractivity contribution in [2.45, 2.75) is 32.2 Å². The highest BCUT2D eigenvalue weighted by Gasteiger charge is 2.35. The Kier molecular flexibility index (Phi) is 3.29. The molecule has 4 nitrogen and oxygen atoms in total. The smallest absolute Gasteiger partial charge is 0.199 e. The molecule has 1 N–H and O–H groups in total. The van der Waals surface area contributed by atoms with E-state index in [1.54, 1.807) is 23.0 Å². The molecule has 1 aliphatic rings. The lowest BCUT2D eigenvalue weighted by atomic mass is 9.98. The van der Waals surface area contributed by atoms with E-state index in [0.717, 1.165) is 11.4 Å². The van der Waals surface area contributed by atoms with Gasteiger partial charge in [-0.05, 0) is 32.0 Å². The van der Waals surface area contributed by atoms with E-state index in [9.17, 15) is 5.11 Å². The Morgan fingerprint density at radius 3 is 2.80 bits per heavy atom. The molecule has 0 aliphatic carbocycles. The normalized spacial score (nSPS) is 20.8. The number of ether oxygens (including phenoxy) is 1. The van der Waals surface area contributed by atoms with Crippen LogP contribution in [0.1, 0.15) is 31.5 Å². The molecule has 6 heteroatoms. The third kappa shape index (κ3) is 2.33. The van der Waals surface area contributed by atoms with E-state index in [4.69, 9.17) is 27.9 Å². The SMILES string of the molecule is CC1(C)Cc2ncn(-c3ccc(Cl)c(Cl)c3)c2C(O)O1. The van der Waals surface area contributed by atoms with Crippen molar-refractivity contribution in [3.63, 3.8) is 0 Å². The molecule has 0 amide bonds. The molecule has 0 saturated heterocycles. The molecule has 1 atom stereocenters. The van der Waals surface area contributed by atoms with Crippen molar-refractivity contribution in [3.8, 4) is 5.69 Å². The number of rotatable bonds is 1. The zero-order valence-corrected chi connectivity index (χ0v) is 12.6. The molecular formula is C14H14Cl2N2O2. The molecule has 0 fully saturated rings. The fourth-order valence-electron chi connectivity index (χ4n) is 2.44. The number of imidazole rings is 1. The van der Waals surface area contributed by atoms with E-state index in [1.807, 2.05) is 19.9 Å². The van der Waals surface area contributed by atoms with Gasteiger partial charge >= 0.3 is 0 Å². The fraction of sp³-hybridized carbons (Fsp3) is 0.357. The molecule has 106 valence electrons. The number of aliphatic hydroxyl groups is 1. The maximum atomic E-state index is 10.2. The van der Waals surface area contributed by atoms with Crippen molar-refractivity contribution in [2.75, 3.05) is 0 Å². The number of aromatic nitrogens is 2. The summed E-state index contributed by atoms with van der Waals surface area (Å²) in [6.45, 7) is 3.86. The Morgan fingerprint density at radius 1 is 1.35 bits per heavy atom. The second-order valence-corrected chi connectivity index (χ2v) is 6.27. The minimum Gasteiger partial charge on any atom is -0.363 e. The third-order valence-electron chi connectivity index (χ3n) is 3.32. The second kappa shape index (κ2) is 4.74. The molecule has 20 heavy (non-hydrogen) atoms. The average molecular weight is 313 g/mol. The van der Waals surface area contributed by atoms with E-state index in [-0.39, 0.29) is 0 Å². The first-order chi connectivity index (χ1) is 9.37. The van der Waals surface area contributed by atoms with Crippen LogP contribution in [0.25, 0.3) is 5.69 Å². The summed E-state index contributed by atoms with van der Waals surface area (Å²) in [6, 6.07) is 5.27. The highest BCUT2D eigenvalue weighted by atomic mass is 35.5. The van der Waals surface area contributed by atoms with E-state index < -0.39 is 11.9 Å². The van der Waals surface area contributed by atoms with Gasteiger partial charge in [0, 0.05) is 12.1 Å². The van der Waals surface area contributed by atoms with Gasteiger partial charge in [0.25, 0.3) is 0 Å². The van der Waals surface area contributed by atoms with Gasteiger partial charge in [0.05, 0.1) is 27.7 Å². The Labute approximate surface area is 126 Å². The van der Waals surface area contributed by atoms with Gasteiger partial charge in [0.1, 0.15) is 5.69 Å². The molecule has 1 aromatic heterocycles. The molecule has 1 aromatic carbocycles. The highest BCUT2D eigenvalue weighted by molar-refractivity contribution is 6.42. The second-order valence-electron chi connectivity index (χ2n) is 5.45. The van der Waals surface area contributed by atoms with Crippen LogP contribution in [0.3, 0.4) is 0 Å². The van der Waals surface area contributed by atoms with Crippen molar-refractivity contribution in [3.05, 3.63) is 46.0 Å². The van der Waals surface area contributed by atoms with Gasteiger partial charge in [-0.2, -0.15) is 0 Å². The monoisotopic (exact) mass is 312 g/mol. The lowest BCUT2D eigenvalue weighted by Gasteiger charge is -2.33. The standard InChI is InChI=1S/C14H14Cl2N2O2/c1-14(2)6-11-12(13(19)20-14)18(7-17-11)8-3-4-9(15)10(16)5-8/h3-5,7,13,19H,6H2,1-2H3. The molecule has 1 aliphatic heterocycles. The summed E-state index contributed by atoms with van der Waals surface area (Å²) in [5.74, 6) is 0. The van der Waals surface area contributed by atoms with E-state index >= 15 is 0 Å².